The smallest absolute Gasteiger partial charge is 0.317 e. The van der Waals surface area contributed by atoms with Gasteiger partial charge in [0.25, 0.3) is 0 Å². The first-order chi connectivity index (χ1) is 13.1. The zero-order valence-electron chi connectivity index (χ0n) is 15.4. The maximum Gasteiger partial charge on any atom is 0.317 e. The SMILES string of the molecule is COC(=O)C(c1ccc(Cl)cc1)c1ccc(N(C)Cc2ccccc2)cc1. The van der Waals surface area contributed by atoms with E-state index in [1.54, 1.807) is 12.1 Å². The van der Waals surface area contributed by atoms with Crippen LogP contribution in [0.5, 0.6) is 0 Å². The third-order valence-corrected chi connectivity index (χ3v) is 4.82. The number of carbonyl (C=O) groups is 1. The van der Waals surface area contributed by atoms with E-state index in [9.17, 15) is 4.79 Å². The summed E-state index contributed by atoms with van der Waals surface area (Å²) in [7, 11) is 3.46. The number of carbonyl (C=O) groups excluding carboxylic acids is 1. The first-order valence-corrected chi connectivity index (χ1v) is 9.14. The molecule has 0 aliphatic rings. The quantitative estimate of drug-likeness (QED) is 0.545. The van der Waals surface area contributed by atoms with Crippen molar-refractivity contribution >= 4 is 23.3 Å². The summed E-state index contributed by atoms with van der Waals surface area (Å²) in [6.07, 6.45) is 0. The summed E-state index contributed by atoms with van der Waals surface area (Å²) in [6.45, 7) is 0.817. The van der Waals surface area contributed by atoms with Gasteiger partial charge in [0.2, 0.25) is 0 Å². The number of esters is 1. The van der Waals surface area contributed by atoms with Crippen LogP contribution in [-0.2, 0) is 16.1 Å². The standard InChI is InChI=1S/C23H22ClNO2/c1-25(16-17-6-4-3-5-7-17)21-14-10-19(11-15-21)22(23(26)27-2)18-8-12-20(24)13-9-18/h3-15,22H,16H2,1-2H3. The second-order valence-electron chi connectivity index (χ2n) is 6.44. The van der Waals surface area contributed by atoms with Crippen molar-refractivity contribution in [1.82, 2.24) is 0 Å². The minimum atomic E-state index is -0.472. The molecule has 0 radical (unpaired) electrons. The van der Waals surface area contributed by atoms with Crippen LogP contribution in [0.1, 0.15) is 22.6 Å². The molecule has 138 valence electrons. The van der Waals surface area contributed by atoms with Crippen molar-refractivity contribution in [2.45, 2.75) is 12.5 Å². The molecule has 3 aromatic carbocycles. The Hall–Kier alpha value is -2.78. The van der Waals surface area contributed by atoms with E-state index in [1.165, 1.54) is 12.7 Å². The minimum Gasteiger partial charge on any atom is -0.468 e. The molecule has 0 aliphatic carbocycles. The van der Waals surface area contributed by atoms with Crippen LogP contribution < -0.4 is 4.90 Å². The molecule has 0 bridgehead atoms. The van der Waals surface area contributed by atoms with E-state index in [2.05, 4.69) is 24.1 Å². The molecule has 27 heavy (non-hydrogen) atoms. The normalized spacial score (nSPS) is 11.7. The molecule has 0 saturated heterocycles. The topological polar surface area (TPSA) is 29.5 Å². The summed E-state index contributed by atoms with van der Waals surface area (Å²) < 4.78 is 5.03. The summed E-state index contributed by atoms with van der Waals surface area (Å²) >= 11 is 5.98. The summed E-state index contributed by atoms with van der Waals surface area (Å²) in [5.74, 6) is -0.761. The van der Waals surface area contributed by atoms with Crippen molar-refractivity contribution in [2.24, 2.45) is 0 Å². The number of anilines is 1. The summed E-state index contributed by atoms with van der Waals surface area (Å²) in [6, 6.07) is 25.6. The van der Waals surface area contributed by atoms with E-state index in [-0.39, 0.29) is 5.97 Å². The molecule has 3 rings (SSSR count). The molecular weight excluding hydrogens is 358 g/mol. The van der Waals surface area contributed by atoms with Gasteiger partial charge in [-0.05, 0) is 41.0 Å². The van der Waals surface area contributed by atoms with Crippen LogP contribution in [0.15, 0.2) is 78.9 Å². The molecule has 0 N–H and O–H groups in total. The van der Waals surface area contributed by atoms with Crippen LogP contribution in [0.25, 0.3) is 0 Å². The molecular formula is C23H22ClNO2. The molecule has 3 nitrogen and oxygen atoms in total. The van der Waals surface area contributed by atoms with Crippen molar-refractivity contribution in [3.63, 3.8) is 0 Å². The second-order valence-corrected chi connectivity index (χ2v) is 6.88. The minimum absolute atomic E-state index is 0.289. The van der Waals surface area contributed by atoms with Crippen LogP contribution >= 0.6 is 11.6 Å². The Kier molecular flexibility index (Phi) is 6.15. The van der Waals surface area contributed by atoms with E-state index in [0.29, 0.717) is 5.02 Å². The lowest BCUT2D eigenvalue weighted by Gasteiger charge is -2.21. The molecule has 3 aromatic rings. The zero-order valence-corrected chi connectivity index (χ0v) is 16.2. The molecule has 0 aliphatic heterocycles. The van der Waals surface area contributed by atoms with Gasteiger partial charge in [-0.15, -0.1) is 0 Å². The Balaban J connectivity index is 1.82. The number of methoxy groups -OCH3 is 1. The van der Waals surface area contributed by atoms with Crippen LogP contribution in [0, 0.1) is 0 Å². The number of benzene rings is 3. The molecule has 0 fully saturated rings. The molecule has 1 atom stereocenters. The third kappa shape index (κ3) is 4.69. The lowest BCUT2D eigenvalue weighted by molar-refractivity contribution is -0.141. The first-order valence-electron chi connectivity index (χ1n) is 8.77. The molecule has 0 aromatic heterocycles. The van der Waals surface area contributed by atoms with E-state index in [1.807, 2.05) is 54.6 Å². The number of hydrogen-bond acceptors (Lipinski definition) is 3. The van der Waals surface area contributed by atoms with Gasteiger partial charge in [0.15, 0.2) is 0 Å². The zero-order chi connectivity index (χ0) is 19.2. The average Bonchev–Trinajstić information content (AvgIpc) is 2.70. The second kappa shape index (κ2) is 8.74. The van der Waals surface area contributed by atoms with E-state index < -0.39 is 5.92 Å². The number of ether oxygens (including phenoxy) is 1. The van der Waals surface area contributed by atoms with Crippen molar-refractivity contribution in [3.8, 4) is 0 Å². The van der Waals surface area contributed by atoms with Gasteiger partial charge >= 0.3 is 5.97 Å². The van der Waals surface area contributed by atoms with Crippen LogP contribution in [0.4, 0.5) is 5.69 Å². The Morgan fingerprint density at radius 3 is 2.04 bits per heavy atom. The maximum atomic E-state index is 12.4. The Morgan fingerprint density at radius 1 is 0.926 bits per heavy atom. The highest BCUT2D eigenvalue weighted by molar-refractivity contribution is 6.30. The summed E-state index contributed by atoms with van der Waals surface area (Å²) in [5.41, 5.74) is 4.08. The van der Waals surface area contributed by atoms with Gasteiger partial charge in [-0.25, -0.2) is 0 Å². The molecule has 0 heterocycles. The third-order valence-electron chi connectivity index (χ3n) is 4.57. The van der Waals surface area contributed by atoms with Crippen LogP contribution in [0.2, 0.25) is 5.02 Å². The van der Waals surface area contributed by atoms with Crippen molar-refractivity contribution < 1.29 is 9.53 Å². The summed E-state index contributed by atoms with van der Waals surface area (Å²) in [5, 5.41) is 0.639. The number of rotatable bonds is 6. The van der Waals surface area contributed by atoms with Gasteiger partial charge in [0.05, 0.1) is 7.11 Å². The van der Waals surface area contributed by atoms with E-state index in [4.69, 9.17) is 16.3 Å². The highest BCUT2D eigenvalue weighted by atomic mass is 35.5. The van der Waals surface area contributed by atoms with Gasteiger partial charge in [0.1, 0.15) is 5.92 Å². The van der Waals surface area contributed by atoms with Gasteiger partial charge < -0.3 is 9.64 Å². The molecule has 0 amide bonds. The predicted octanol–water partition coefficient (Wildman–Crippen LogP) is 5.28. The van der Waals surface area contributed by atoms with Crippen molar-refractivity contribution in [3.05, 3.63) is 101 Å². The number of hydrogen-bond donors (Lipinski definition) is 0. The molecule has 0 saturated carbocycles. The molecule has 0 spiro atoms. The Morgan fingerprint density at radius 2 is 1.48 bits per heavy atom. The molecule has 4 heteroatoms. The lowest BCUT2D eigenvalue weighted by Crippen LogP contribution is -2.18. The fraction of sp³-hybridized carbons (Fsp3) is 0.174. The fourth-order valence-electron chi connectivity index (χ4n) is 3.11. The highest BCUT2D eigenvalue weighted by Crippen LogP contribution is 2.29. The predicted molar refractivity (Wildman–Crippen MR) is 110 cm³/mol. The Labute approximate surface area is 165 Å². The number of nitrogens with zero attached hydrogens (tertiary/aromatic N) is 1. The maximum absolute atomic E-state index is 12.4. The van der Waals surface area contributed by atoms with E-state index in [0.717, 1.165) is 23.4 Å². The average molecular weight is 380 g/mol. The largest absolute Gasteiger partial charge is 0.468 e. The molecule has 1 unspecified atom stereocenters. The highest BCUT2D eigenvalue weighted by Gasteiger charge is 2.23. The monoisotopic (exact) mass is 379 g/mol. The van der Waals surface area contributed by atoms with Crippen LogP contribution in [0.3, 0.4) is 0 Å². The summed E-state index contributed by atoms with van der Waals surface area (Å²) in [4.78, 5) is 14.6. The van der Waals surface area contributed by atoms with Gasteiger partial charge in [-0.3, -0.25) is 4.79 Å². The van der Waals surface area contributed by atoms with Crippen LogP contribution in [-0.4, -0.2) is 20.1 Å². The van der Waals surface area contributed by atoms with Crippen molar-refractivity contribution in [1.29, 1.82) is 0 Å². The Bertz CT molecular complexity index is 877. The van der Waals surface area contributed by atoms with Gasteiger partial charge in [-0.1, -0.05) is 66.2 Å². The van der Waals surface area contributed by atoms with Crippen molar-refractivity contribution in [2.75, 3.05) is 19.1 Å². The van der Waals surface area contributed by atoms with E-state index >= 15 is 0 Å². The lowest BCUT2D eigenvalue weighted by atomic mass is 9.91. The first kappa shape index (κ1) is 19.0. The van der Waals surface area contributed by atoms with Gasteiger partial charge in [-0.2, -0.15) is 0 Å². The number of halogens is 1. The van der Waals surface area contributed by atoms with Gasteiger partial charge in [0, 0.05) is 24.3 Å². The fourth-order valence-corrected chi connectivity index (χ4v) is 3.23.